The van der Waals surface area contributed by atoms with Crippen molar-refractivity contribution in [3.8, 4) is 5.75 Å². The van der Waals surface area contributed by atoms with Gasteiger partial charge < -0.3 is 15.8 Å². The van der Waals surface area contributed by atoms with Crippen molar-refractivity contribution >= 4 is 34.1 Å². The van der Waals surface area contributed by atoms with E-state index in [2.05, 4.69) is 9.69 Å². The minimum atomic E-state index is 0.478. The highest BCUT2D eigenvalue weighted by atomic mass is 32.2. The van der Waals surface area contributed by atoms with Gasteiger partial charge in [-0.25, -0.2) is 0 Å². The summed E-state index contributed by atoms with van der Waals surface area (Å²) in [5, 5.41) is 4.32. The number of nitrogens with zero attached hydrogens (tertiary/aromatic N) is 1. The Kier molecular flexibility index (Phi) is 3.58. The summed E-state index contributed by atoms with van der Waals surface area (Å²) in [5.41, 5.74) is 5.67. The molecule has 0 amide bonds. The average Bonchev–Trinajstić information content (AvgIpc) is 2.84. The molecule has 1 fully saturated rings. The van der Waals surface area contributed by atoms with Crippen molar-refractivity contribution in [1.29, 1.82) is 0 Å². The van der Waals surface area contributed by atoms with Gasteiger partial charge >= 0.3 is 0 Å². The Morgan fingerprint density at radius 3 is 3.20 bits per heavy atom. The molecule has 84 valence electrons. The summed E-state index contributed by atoms with van der Waals surface area (Å²) in [5.74, 6) is 4.47. The molecule has 1 unspecified atom stereocenters. The third-order valence-corrected chi connectivity index (χ3v) is 4.49. The second kappa shape index (κ2) is 4.94. The molecule has 1 aliphatic heterocycles. The standard InChI is InChI=1S/C9H15N3OS2/c1-13-7-8(10)12-15-9(7)11-4-6-2-3-14-5-6/h6,11H,2-5H2,1H3,(H2,10,12). The van der Waals surface area contributed by atoms with E-state index in [1.54, 1.807) is 7.11 Å². The fraction of sp³-hybridized carbons (Fsp3) is 0.667. The van der Waals surface area contributed by atoms with Gasteiger partial charge in [-0.15, -0.1) is 0 Å². The number of methoxy groups -OCH3 is 1. The fourth-order valence-corrected chi connectivity index (χ4v) is 3.56. The number of rotatable bonds is 4. The SMILES string of the molecule is COc1c(N)nsc1NCC1CCSC1. The second-order valence-electron chi connectivity index (χ2n) is 3.54. The van der Waals surface area contributed by atoms with Gasteiger partial charge in [0.1, 0.15) is 0 Å². The van der Waals surface area contributed by atoms with Crippen LogP contribution in [0.3, 0.4) is 0 Å². The summed E-state index contributed by atoms with van der Waals surface area (Å²) in [6.07, 6.45) is 1.30. The third-order valence-electron chi connectivity index (χ3n) is 2.45. The zero-order valence-electron chi connectivity index (χ0n) is 8.66. The van der Waals surface area contributed by atoms with Crippen molar-refractivity contribution in [2.75, 3.05) is 36.2 Å². The number of nitrogens with one attached hydrogen (secondary N) is 1. The quantitative estimate of drug-likeness (QED) is 0.848. The minimum absolute atomic E-state index is 0.478. The van der Waals surface area contributed by atoms with Gasteiger partial charge in [-0.2, -0.15) is 16.1 Å². The molecule has 0 radical (unpaired) electrons. The summed E-state index contributed by atoms with van der Waals surface area (Å²) >= 11 is 3.39. The number of aromatic nitrogens is 1. The Morgan fingerprint density at radius 1 is 1.67 bits per heavy atom. The number of anilines is 2. The topological polar surface area (TPSA) is 60.2 Å². The lowest BCUT2D eigenvalue weighted by Crippen LogP contribution is -2.13. The highest BCUT2D eigenvalue weighted by molar-refractivity contribution is 7.99. The number of nitrogens with two attached hydrogens (primary N) is 1. The molecule has 15 heavy (non-hydrogen) atoms. The lowest BCUT2D eigenvalue weighted by Gasteiger charge is -2.10. The number of thioether (sulfide) groups is 1. The summed E-state index contributed by atoms with van der Waals surface area (Å²) in [6, 6.07) is 0. The van der Waals surface area contributed by atoms with Crippen LogP contribution in [0.1, 0.15) is 6.42 Å². The Hall–Kier alpha value is -0.620. The number of ether oxygens (including phenoxy) is 1. The smallest absolute Gasteiger partial charge is 0.197 e. The molecule has 6 heteroatoms. The number of hydrogen-bond acceptors (Lipinski definition) is 6. The van der Waals surface area contributed by atoms with Crippen molar-refractivity contribution in [3.63, 3.8) is 0 Å². The maximum atomic E-state index is 5.67. The molecule has 1 aromatic rings. The summed E-state index contributed by atoms with van der Waals surface area (Å²) < 4.78 is 9.25. The lowest BCUT2D eigenvalue weighted by molar-refractivity contribution is 0.419. The molecular formula is C9H15N3OS2. The monoisotopic (exact) mass is 245 g/mol. The predicted molar refractivity (Wildman–Crippen MR) is 67.0 cm³/mol. The molecule has 0 aromatic carbocycles. The molecule has 1 aromatic heterocycles. The summed E-state index contributed by atoms with van der Waals surface area (Å²) in [7, 11) is 1.62. The maximum absolute atomic E-state index is 5.67. The van der Waals surface area contributed by atoms with Crippen molar-refractivity contribution in [2.24, 2.45) is 5.92 Å². The van der Waals surface area contributed by atoms with E-state index in [9.17, 15) is 0 Å². The van der Waals surface area contributed by atoms with Gasteiger partial charge in [0.05, 0.1) is 7.11 Å². The molecule has 1 saturated heterocycles. The van der Waals surface area contributed by atoms with Gasteiger partial charge in [0.25, 0.3) is 0 Å². The van der Waals surface area contributed by atoms with E-state index in [1.165, 1.54) is 29.5 Å². The van der Waals surface area contributed by atoms with E-state index in [1.807, 2.05) is 11.8 Å². The van der Waals surface area contributed by atoms with Crippen molar-refractivity contribution in [2.45, 2.75) is 6.42 Å². The molecule has 0 aliphatic carbocycles. The van der Waals surface area contributed by atoms with Crippen LogP contribution in [0.2, 0.25) is 0 Å². The summed E-state index contributed by atoms with van der Waals surface area (Å²) in [6.45, 7) is 0.991. The van der Waals surface area contributed by atoms with E-state index >= 15 is 0 Å². The van der Waals surface area contributed by atoms with Crippen molar-refractivity contribution in [1.82, 2.24) is 4.37 Å². The second-order valence-corrected chi connectivity index (χ2v) is 5.46. The van der Waals surface area contributed by atoms with Crippen LogP contribution in [0.4, 0.5) is 10.8 Å². The molecule has 0 bridgehead atoms. The molecular weight excluding hydrogens is 230 g/mol. The Labute approximate surface area is 97.7 Å². The van der Waals surface area contributed by atoms with E-state index in [-0.39, 0.29) is 0 Å². The van der Waals surface area contributed by atoms with Crippen LogP contribution >= 0.6 is 23.3 Å². The first kappa shape index (κ1) is 10.9. The van der Waals surface area contributed by atoms with Gasteiger partial charge in [-0.3, -0.25) is 0 Å². The summed E-state index contributed by atoms with van der Waals surface area (Å²) in [4.78, 5) is 0. The van der Waals surface area contributed by atoms with Crippen LogP contribution in [0.5, 0.6) is 5.75 Å². The minimum Gasteiger partial charge on any atom is -0.490 e. The molecule has 0 saturated carbocycles. The molecule has 1 aliphatic rings. The Bertz CT molecular complexity index is 323. The van der Waals surface area contributed by atoms with Crippen LogP contribution in [0.15, 0.2) is 0 Å². The van der Waals surface area contributed by atoms with E-state index < -0.39 is 0 Å². The van der Waals surface area contributed by atoms with E-state index in [0.29, 0.717) is 11.6 Å². The van der Waals surface area contributed by atoms with Crippen LogP contribution in [-0.2, 0) is 0 Å². The first-order valence-corrected chi connectivity index (χ1v) is 6.85. The van der Waals surface area contributed by atoms with Gasteiger partial charge in [0, 0.05) is 6.54 Å². The number of hydrogen-bond donors (Lipinski definition) is 2. The average molecular weight is 245 g/mol. The fourth-order valence-electron chi connectivity index (χ4n) is 1.59. The first-order valence-electron chi connectivity index (χ1n) is 4.92. The molecule has 1 atom stereocenters. The van der Waals surface area contributed by atoms with E-state index in [4.69, 9.17) is 10.5 Å². The van der Waals surface area contributed by atoms with Gasteiger partial charge in [-0.1, -0.05) is 0 Å². The molecule has 4 nitrogen and oxygen atoms in total. The number of nitrogen functional groups attached to an aromatic ring is 1. The van der Waals surface area contributed by atoms with Crippen LogP contribution in [0, 0.1) is 5.92 Å². The predicted octanol–water partition coefficient (Wildman–Crippen LogP) is 1.90. The lowest BCUT2D eigenvalue weighted by atomic mass is 10.1. The van der Waals surface area contributed by atoms with Gasteiger partial charge in [0.15, 0.2) is 16.6 Å². The molecule has 2 heterocycles. The Morgan fingerprint density at radius 2 is 2.53 bits per heavy atom. The van der Waals surface area contributed by atoms with Gasteiger partial charge in [0.2, 0.25) is 0 Å². The highest BCUT2D eigenvalue weighted by Gasteiger charge is 2.17. The largest absolute Gasteiger partial charge is 0.490 e. The Balaban J connectivity index is 1.92. The van der Waals surface area contributed by atoms with Crippen molar-refractivity contribution < 1.29 is 4.74 Å². The zero-order chi connectivity index (χ0) is 10.7. The highest BCUT2D eigenvalue weighted by Crippen LogP contribution is 2.35. The van der Waals surface area contributed by atoms with Crippen LogP contribution in [-0.4, -0.2) is 29.5 Å². The molecule has 0 spiro atoms. The zero-order valence-corrected chi connectivity index (χ0v) is 10.3. The molecule has 2 rings (SSSR count). The van der Waals surface area contributed by atoms with Crippen LogP contribution in [0.25, 0.3) is 0 Å². The van der Waals surface area contributed by atoms with Crippen LogP contribution < -0.4 is 15.8 Å². The first-order chi connectivity index (χ1) is 7.31. The van der Waals surface area contributed by atoms with Crippen molar-refractivity contribution in [3.05, 3.63) is 0 Å². The third kappa shape index (κ3) is 2.49. The van der Waals surface area contributed by atoms with Gasteiger partial charge in [-0.05, 0) is 35.4 Å². The molecule has 3 N–H and O–H groups in total. The van der Waals surface area contributed by atoms with E-state index in [0.717, 1.165) is 17.5 Å². The maximum Gasteiger partial charge on any atom is 0.197 e. The normalized spacial score (nSPS) is 20.5.